The van der Waals surface area contributed by atoms with Crippen LogP contribution in [0.25, 0.3) is 10.9 Å². The predicted octanol–water partition coefficient (Wildman–Crippen LogP) is 4.40. The summed E-state index contributed by atoms with van der Waals surface area (Å²) in [5.74, 6) is -1.59. The van der Waals surface area contributed by atoms with E-state index in [1.807, 2.05) is 18.2 Å². The molecule has 2 aromatic carbocycles. The van der Waals surface area contributed by atoms with Crippen LogP contribution in [0.5, 0.6) is 0 Å². The monoisotopic (exact) mass is 446 g/mol. The molecule has 5 nitrogen and oxygen atoms in total. The molecule has 0 aliphatic carbocycles. The summed E-state index contributed by atoms with van der Waals surface area (Å²) >= 11 is 0. The van der Waals surface area contributed by atoms with Crippen LogP contribution in [0.15, 0.2) is 42.5 Å². The number of sulfonamides is 1. The standard InChI is InChI=1S/C23H24F2N2O3S/c1-14(2)31(29,30)27-6-5-17(13-27)16-3-4-21-18(10-16)11-22(26-21)23(28)9-15-7-19(24)12-20(25)8-15/h3-4,7-8,10-12,14,17,26H,5-6,9,13H2,1-2H3. The highest BCUT2D eigenvalue weighted by Gasteiger charge is 2.33. The molecule has 1 atom stereocenters. The fraction of sp³-hybridized carbons (Fsp3) is 0.348. The lowest BCUT2D eigenvalue weighted by Crippen LogP contribution is -2.34. The third-order valence-corrected chi connectivity index (χ3v) is 8.05. The molecule has 0 spiro atoms. The predicted molar refractivity (Wildman–Crippen MR) is 116 cm³/mol. The summed E-state index contributed by atoms with van der Waals surface area (Å²) in [6, 6.07) is 10.6. The fourth-order valence-corrected chi connectivity index (χ4v) is 5.42. The van der Waals surface area contributed by atoms with Crippen molar-refractivity contribution in [2.24, 2.45) is 0 Å². The summed E-state index contributed by atoms with van der Waals surface area (Å²) in [6.45, 7) is 4.33. The van der Waals surface area contributed by atoms with Crippen molar-refractivity contribution in [2.75, 3.05) is 13.1 Å². The van der Waals surface area contributed by atoms with Crippen molar-refractivity contribution in [1.29, 1.82) is 0 Å². The molecule has 1 saturated heterocycles. The number of hydrogen-bond donors (Lipinski definition) is 1. The molecular weight excluding hydrogens is 422 g/mol. The average molecular weight is 447 g/mol. The van der Waals surface area contributed by atoms with Crippen LogP contribution in [0.4, 0.5) is 8.78 Å². The highest BCUT2D eigenvalue weighted by molar-refractivity contribution is 7.89. The van der Waals surface area contributed by atoms with E-state index in [1.165, 1.54) is 0 Å². The molecule has 0 bridgehead atoms. The van der Waals surface area contributed by atoms with Crippen LogP contribution in [0.3, 0.4) is 0 Å². The Bertz CT molecular complexity index is 1230. The molecule has 1 aliphatic rings. The van der Waals surface area contributed by atoms with Crippen molar-refractivity contribution < 1.29 is 22.0 Å². The van der Waals surface area contributed by atoms with Crippen molar-refractivity contribution in [1.82, 2.24) is 9.29 Å². The van der Waals surface area contributed by atoms with Gasteiger partial charge in [0.2, 0.25) is 10.0 Å². The number of rotatable bonds is 6. The van der Waals surface area contributed by atoms with Gasteiger partial charge in [0.05, 0.1) is 10.9 Å². The molecule has 0 saturated carbocycles. The lowest BCUT2D eigenvalue weighted by molar-refractivity contribution is 0.0989. The van der Waals surface area contributed by atoms with Crippen LogP contribution in [-0.4, -0.2) is 41.8 Å². The first-order valence-electron chi connectivity index (χ1n) is 10.2. The Balaban J connectivity index is 1.53. The number of carbonyl (C=O) groups excluding carboxylic acids is 1. The zero-order chi connectivity index (χ0) is 22.3. The topological polar surface area (TPSA) is 70.2 Å². The van der Waals surface area contributed by atoms with Crippen LogP contribution >= 0.6 is 0 Å². The van der Waals surface area contributed by atoms with Gasteiger partial charge in [0.25, 0.3) is 0 Å². The van der Waals surface area contributed by atoms with Gasteiger partial charge in [-0.15, -0.1) is 0 Å². The van der Waals surface area contributed by atoms with Crippen molar-refractivity contribution in [3.05, 3.63) is 70.9 Å². The van der Waals surface area contributed by atoms with E-state index in [-0.39, 0.29) is 23.7 Å². The molecule has 1 unspecified atom stereocenters. The van der Waals surface area contributed by atoms with Crippen LogP contribution < -0.4 is 0 Å². The van der Waals surface area contributed by atoms with Gasteiger partial charge >= 0.3 is 0 Å². The Morgan fingerprint density at radius 3 is 2.52 bits per heavy atom. The summed E-state index contributed by atoms with van der Waals surface area (Å²) in [5, 5.41) is 0.398. The quantitative estimate of drug-likeness (QED) is 0.571. The highest BCUT2D eigenvalue weighted by atomic mass is 32.2. The Labute approximate surface area is 180 Å². The summed E-state index contributed by atoms with van der Waals surface area (Å²) < 4.78 is 53.2. The fourth-order valence-electron chi connectivity index (χ4n) is 4.08. The zero-order valence-electron chi connectivity index (χ0n) is 17.4. The largest absolute Gasteiger partial charge is 0.352 e. The van der Waals surface area contributed by atoms with Crippen LogP contribution in [0, 0.1) is 11.6 Å². The molecule has 1 fully saturated rings. The number of carbonyl (C=O) groups is 1. The number of Topliss-reactive ketones (excluding diaryl/α,β-unsaturated/α-hetero) is 1. The van der Waals surface area contributed by atoms with Crippen molar-refractivity contribution in [3.63, 3.8) is 0 Å². The van der Waals surface area contributed by atoms with Gasteiger partial charge in [0.15, 0.2) is 5.78 Å². The van der Waals surface area contributed by atoms with Gasteiger partial charge in [-0.05, 0) is 67.6 Å². The lowest BCUT2D eigenvalue weighted by atomic mass is 9.97. The van der Waals surface area contributed by atoms with E-state index in [0.29, 0.717) is 18.8 Å². The molecule has 164 valence electrons. The molecule has 0 radical (unpaired) electrons. The summed E-state index contributed by atoms with van der Waals surface area (Å²) in [6.07, 6.45) is 0.637. The maximum absolute atomic E-state index is 13.4. The molecule has 3 aromatic rings. The lowest BCUT2D eigenvalue weighted by Gasteiger charge is -2.19. The number of aromatic amines is 1. The van der Waals surface area contributed by atoms with Gasteiger partial charge in [0, 0.05) is 36.5 Å². The first-order chi connectivity index (χ1) is 14.6. The first-order valence-corrected chi connectivity index (χ1v) is 11.7. The number of fused-ring (bicyclic) bond motifs is 1. The second-order valence-electron chi connectivity index (χ2n) is 8.34. The minimum absolute atomic E-state index is 0.0993. The number of aromatic nitrogens is 1. The number of ketones is 1. The second kappa shape index (κ2) is 8.16. The van der Waals surface area contributed by atoms with E-state index >= 15 is 0 Å². The second-order valence-corrected chi connectivity index (χ2v) is 10.8. The van der Waals surface area contributed by atoms with Crippen LogP contribution in [0.1, 0.15) is 47.8 Å². The molecular formula is C23H24F2N2O3S. The first kappa shape index (κ1) is 21.6. The zero-order valence-corrected chi connectivity index (χ0v) is 18.2. The maximum atomic E-state index is 13.4. The molecule has 1 aromatic heterocycles. The van der Waals surface area contributed by atoms with Crippen molar-refractivity contribution in [3.8, 4) is 0 Å². The third-order valence-electron chi connectivity index (χ3n) is 5.81. The van der Waals surface area contributed by atoms with Gasteiger partial charge in [-0.2, -0.15) is 0 Å². The van der Waals surface area contributed by atoms with E-state index in [4.69, 9.17) is 0 Å². The van der Waals surface area contributed by atoms with E-state index in [9.17, 15) is 22.0 Å². The van der Waals surface area contributed by atoms with Gasteiger partial charge < -0.3 is 4.98 Å². The van der Waals surface area contributed by atoms with E-state index in [1.54, 1.807) is 24.2 Å². The summed E-state index contributed by atoms with van der Waals surface area (Å²) in [7, 11) is -3.27. The minimum atomic E-state index is -3.27. The van der Waals surface area contributed by atoms with E-state index < -0.39 is 26.9 Å². The van der Waals surface area contributed by atoms with Crippen LogP contribution in [0.2, 0.25) is 0 Å². The smallest absolute Gasteiger partial charge is 0.216 e. The molecule has 0 amide bonds. The van der Waals surface area contributed by atoms with Gasteiger partial charge in [-0.25, -0.2) is 21.5 Å². The number of benzene rings is 2. The van der Waals surface area contributed by atoms with Gasteiger partial charge in [-0.1, -0.05) is 6.07 Å². The number of nitrogens with one attached hydrogen (secondary N) is 1. The van der Waals surface area contributed by atoms with Crippen molar-refractivity contribution >= 4 is 26.7 Å². The SMILES string of the molecule is CC(C)S(=O)(=O)N1CCC(c2ccc3[nH]c(C(=O)Cc4cc(F)cc(F)c4)cc3c2)C1. The average Bonchev–Trinajstić information content (AvgIpc) is 3.34. The number of halogens is 2. The Morgan fingerprint density at radius 2 is 1.84 bits per heavy atom. The minimum Gasteiger partial charge on any atom is -0.352 e. The van der Waals surface area contributed by atoms with Gasteiger partial charge in [-0.3, -0.25) is 4.79 Å². The number of nitrogens with zero attached hydrogens (tertiary/aromatic N) is 1. The number of H-pyrrole nitrogens is 1. The number of hydrogen-bond acceptors (Lipinski definition) is 3. The van der Waals surface area contributed by atoms with E-state index in [2.05, 4.69) is 4.98 Å². The van der Waals surface area contributed by atoms with E-state index in [0.717, 1.165) is 41.1 Å². The van der Waals surface area contributed by atoms with Gasteiger partial charge in [0.1, 0.15) is 11.6 Å². The Morgan fingerprint density at radius 1 is 1.13 bits per heavy atom. The molecule has 8 heteroatoms. The molecule has 1 N–H and O–H groups in total. The normalized spacial score (nSPS) is 17.6. The van der Waals surface area contributed by atoms with Crippen molar-refractivity contribution in [2.45, 2.75) is 37.9 Å². The Kier molecular flexibility index (Phi) is 5.70. The highest BCUT2D eigenvalue weighted by Crippen LogP contribution is 2.32. The summed E-state index contributed by atoms with van der Waals surface area (Å²) in [5.41, 5.74) is 2.45. The van der Waals surface area contributed by atoms with Crippen LogP contribution in [-0.2, 0) is 16.4 Å². The molecule has 1 aliphatic heterocycles. The summed E-state index contributed by atoms with van der Waals surface area (Å²) in [4.78, 5) is 15.7. The molecule has 4 rings (SSSR count). The maximum Gasteiger partial charge on any atom is 0.216 e. The third kappa shape index (κ3) is 4.41. The molecule has 2 heterocycles. The molecule has 31 heavy (non-hydrogen) atoms. The Hall–Kier alpha value is -2.58.